The largest absolute Gasteiger partial charge is 0.343 e. The minimum absolute atomic E-state index is 0.221. The van der Waals surface area contributed by atoms with Gasteiger partial charge in [-0.1, -0.05) is 12.1 Å². The normalized spacial score (nSPS) is 10.9. The first kappa shape index (κ1) is 12.9. The van der Waals surface area contributed by atoms with Crippen LogP contribution in [0.2, 0.25) is 0 Å². The summed E-state index contributed by atoms with van der Waals surface area (Å²) in [5, 5.41) is 9.26. The Labute approximate surface area is 123 Å². The Hall–Kier alpha value is -2.15. The molecule has 0 saturated heterocycles. The molecule has 0 bridgehead atoms. The van der Waals surface area contributed by atoms with Crippen molar-refractivity contribution in [2.45, 2.75) is 6.54 Å². The van der Waals surface area contributed by atoms with Gasteiger partial charge in [-0.3, -0.25) is 9.89 Å². The highest BCUT2D eigenvalue weighted by Gasteiger charge is 2.13. The van der Waals surface area contributed by atoms with E-state index < -0.39 is 0 Å². The molecule has 0 aliphatic heterocycles. The molecule has 20 heavy (non-hydrogen) atoms. The van der Waals surface area contributed by atoms with Gasteiger partial charge in [0.2, 0.25) is 0 Å². The van der Waals surface area contributed by atoms with E-state index in [2.05, 4.69) is 36.4 Å². The predicted octanol–water partition coefficient (Wildman–Crippen LogP) is 1.99. The van der Waals surface area contributed by atoms with Crippen molar-refractivity contribution in [3.05, 3.63) is 46.5 Å². The number of rotatable bonds is 3. The number of amides is 1. The van der Waals surface area contributed by atoms with E-state index in [9.17, 15) is 4.79 Å². The van der Waals surface area contributed by atoms with Gasteiger partial charge in [0, 0.05) is 7.05 Å². The first-order valence-corrected chi connectivity index (χ1v) is 6.83. The monoisotopic (exact) mass is 333 g/mol. The molecule has 0 fully saturated rings. The maximum atomic E-state index is 12.0. The number of aromatic nitrogens is 4. The lowest BCUT2D eigenvalue weighted by Gasteiger charge is -2.04. The van der Waals surface area contributed by atoms with E-state index in [1.807, 2.05) is 35.9 Å². The van der Waals surface area contributed by atoms with Crippen LogP contribution < -0.4 is 5.32 Å². The van der Waals surface area contributed by atoms with E-state index in [1.165, 1.54) is 0 Å². The lowest BCUT2D eigenvalue weighted by atomic mass is 10.3. The highest BCUT2D eigenvalue weighted by Crippen LogP contribution is 2.15. The van der Waals surface area contributed by atoms with Crippen LogP contribution in [0.1, 0.15) is 16.3 Å². The summed E-state index contributed by atoms with van der Waals surface area (Å²) in [4.78, 5) is 16.5. The second-order valence-electron chi connectivity index (χ2n) is 4.35. The van der Waals surface area contributed by atoms with Crippen molar-refractivity contribution in [1.82, 2.24) is 25.1 Å². The third-order valence-corrected chi connectivity index (χ3v) is 3.71. The van der Waals surface area contributed by atoms with Gasteiger partial charge in [-0.25, -0.2) is 4.98 Å². The Bertz CT molecular complexity index is 776. The molecule has 0 unspecified atom stereocenters. The number of aromatic amines is 1. The number of carbonyl (C=O) groups is 1. The predicted molar refractivity (Wildman–Crippen MR) is 78.2 cm³/mol. The number of imidazole rings is 1. The van der Waals surface area contributed by atoms with Gasteiger partial charge in [-0.15, -0.1) is 0 Å². The third kappa shape index (κ3) is 2.20. The van der Waals surface area contributed by atoms with Gasteiger partial charge < -0.3 is 9.88 Å². The number of nitrogens with one attached hydrogen (secondary N) is 2. The number of para-hydroxylation sites is 2. The van der Waals surface area contributed by atoms with E-state index in [0.717, 1.165) is 16.9 Å². The van der Waals surface area contributed by atoms with Crippen LogP contribution >= 0.6 is 15.9 Å². The van der Waals surface area contributed by atoms with Crippen molar-refractivity contribution in [2.75, 3.05) is 0 Å². The molecule has 0 aliphatic rings. The van der Waals surface area contributed by atoms with Gasteiger partial charge in [-0.05, 0) is 28.1 Å². The molecule has 1 aromatic carbocycles. The number of nitrogens with zero attached hydrogens (tertiary/aromatic N) is 3. The Morgan fingerprint density at radius 1 is 1.45 bits per heavy atom. The van der Waals surface area contributed by atoms with Crippen molar-refractivity contribution in [1.29, 1.82) is 0 Å². The van der Waals surface area contributed by atoms with Crippen molar-refractivity contribution < 1.29 is 4.79 Å². The fourth-order valence-corrected chi connectivity index (χ4v) is 2.40. The van der Waals surface area contributed by atoms with Crippen LogP contribution in [0.5, 0.6) is 0 Å². The van der Waals surface area contributed by atoms with Gasteiger partial charge in [0.05, 0.1) is 28.2 Å². The van der Waals surface area contributed by atoms with Crippen LogP contribution in [-0.2, 0) is 13.6 Å². The molecule has 6 nitrogen and oxygen atoms in total. The first-order valence-electron chi connectivity index (χ1n) is 6.04. The minimum Gasteiger partial charge on any atom is -0.343 e. The second-order valence-corrected chi connectivity index (χ2v) is 5.21. The molecule has 0 radical (unpaired) electrons. The number of H-pyrrole nitrogens is 1. The zero-order valence-electron chi connectivity index (χ0n) is 10.7. The summed E-state index contributed by atoms with van der Waals surface area (Å²) in [6, 6.07) is 7.86. The summed E-state index contributed by atoms with van der Waals surface area (Å²) < 4.78 is 2.61. The molecule has 2 N–H and O–H groups in total. The number of benzene rings is 1. The number of aryl methyl sites for hydroxylation is 1. The van der Waals surface area contributed by atoms with E-state index in [4.69, 9.17) is 0 Å². The van der Waals surface area contributed by atoms with Gasteiger partial charge in [-0.2, -0.15) is 5.10 Å². The molecule has 3 rings (SSSR count). The Balaban J connectivity index is 1.79. The van der Waals surface area contributed by atoms with Crippen LogP contribution in [0.15, 0.2) is 34.9 Å². The van der Waals surface area contributed by atoms with Crippen LogP contribution in [0, 0.1) is 0 Å². The fraction of sp³-hybridized carbons (Fsp3) is 0.154. The Morgan fingerprint density at radius 2 is 2.25 bits per heavy atom. The smallest absolute Gasteiger partial charge is 0.270 e. The molecule has 102 valence electrons. The van der Waals surface area contributed by atoms with Crippen molar-refractivity contribution in [2.24, 2.45) is 7.05 Å². The molecule has 3 aromatic rings. The highest BCUT2D eigenvalue weighted by atomic mass is 79.9. The van der Waals surface area contributed by atoms with E-state index in [0.29, 0.717) is 16.7 Å². The maximum Gasteiger partial charge on any atom is 0.270 e. The first-order chi connectivity index (χ1) is 9.66. The average Bonchev–Trinajstić information content (AvgIpc) is 3.01. The maximum absolute atomic E-state index is 12.0. The summed E-state index contributed by atoms with van der Waals surface area (Å²) in [7, 11) is 1.93. The average molecular weight is 334 g/mol. The summed E-state index contributed by atoms with van der Waals surface area (Å²) in [5.74, 6) is 0.580. The Kier molecular flexibility index (Phi) is 3.27. The van der Waals surface area contributed by atoms with Crippen molar-refractivity contribution >= 4 is 32.9 Å². The zero-order valence-corrected chi connectivity index (χ0v) is 12.3. The lowest BCUT2D eigenvalue weighted by molar-refractivity contribution is 0.0944. The molecule has 0 atom stereocenters. The Morgan fingerprint density at radius 3 is 2.95 bits per heavy atom. The molecule has 7 heteroatoms. The molecule has 0 saturated carbocycles. The topological polar surface area (TPSA) is 75.6 Å². The molecule has 1 amide bonds. The summed E-state index contributed by atoms with van der Waals surface area (Å²) in [6.07, 6.45) is 1.55. The number of carbonyl (C=O) groups excluding carboxylic acids is 1. The number of fused-ring (bicyclic) bond motifs is 1. The van der Waals surface area contributed by atoms with Gasteiger partial charge in [0.1, 0.15) is 11.5 Å². The van der Waals surface area contributed by atoms with E-state index >= 15 is 0 Å². The summed E-state index contributed by atoms with van der Waals surface area (Å²) in [6.45, 7) is 0.357. The summed E-state index contributed by atoms with van der Waals surface area (Å²) in [5.41, 5.74) is 2.37. The van der Waals surface area contributed by atoms with Gasteiger partial charge in [0.25, 0.3) is 5.91 Å². The lowest BCUT2D eigenvalue weighted by Crippen LogP contribution is -2.25. The number of hydrogen-bond acceptors (Lipinski definition) is 3. The molecule has 2 aromatic heterocycles. The molecule has 0 aliphatic carbocycles. The van der Waals surface area contributed by atoms with Crippen molar-refractivity contribution in [3.8, 4) is 0 Å². The second kappa shape index (κ2) is 5.09. The van der Waals surface area contributed by atoms with Crippen LogP contribution in [-0.4, -0.2) is 25.7 Å². The molecule has 0 spiro atoms. The van der Waals surface area contributed by atoms with Gasteiger partial charge >= 0.3 is 0 Å². The standard InChI is InChI=1S/C13H12BrN5O/c1-19-10-5-3-2-4-9(10)17-11(19)7-15-13(20)12-8(14)6-16-18-12/h2-6H,7H2,1H3,(H,15,20)(H,16,18). The summed E-state index contributed by atoms with van der Waals surface area (Å²) >= 11 is 3.26. The SMILES string of the molecule is Cn1c(CNC(=O)c2[nH]ncc2Br)nc2ccccc21. The van der Waals surface area contributed by atoms with E-state index in [1.54, 1.807) is 6.20 Å². The number of hydrogen-bond donors (Lipinski definition) is 2. The van der Waals surface area contributed by atoms with Crippen LogP contribution in [0.25, 0.3) is 11.0 Å². The third-order valence-electron chi connectivity index (χ3n) is 3.11. The highest BCUT2D eigenvalue weighted by molar-refractivity contribution is 9.10. The van der Waals surface area contributed by atoms with Crippen molar-refractivity contribution in [3.63, 3.8) is 0 Å². The van der Waals surface area contributed by atoms with E-state index in [-0.39, 0.29) is 5.91 Å². The zero-order chi connectivity index (χ0) is 14.1. The quantitative estimate of drug-likeness (QED) is 0.769. The number of halogens is 1. The van der Waals surface area contributed by atoms with Crippen LogP contribution in [0.4, 0.5) is 0 Å². The van der Waals surface area contributed by atoms with Crippen LogP contribution in [0.3, 0.4) is 0 Å². The molecule has 2 heterocycles. The minimum atomic E-state index is -0.221. The fourth-order valence-electron chi connectivity index (χ4n) is 2.03. The van der Waals surface area contributed by atoms with Gasteiger partial charge in [0.15, 0.2) is 0 Å². The molecular weight excluding hydrogens is 322 g/mol. The molecular formula is C13H12BrN5O.